The summed E-state index contributed by atoms with van der Waals surface area (Å²) in [6.07, 6.45) is 1.59. The topological polar surface area (TPSA) is 80.0 Å². The lowest BCUT2D eigenvalue weighted by Gasteiger charge is -2.37. The second kappa shape index (κ2) is 10.1. The van der Waals surface area contributed by atoms with Gasteiger partial charge in [0.25, 0.3) is 0 Å². The van der Waals surface area contributed by atoms with Crippen molar-refractivity contribution in [3.05, 3.63) is 36.7 Å². The lowest BCUT2D eigenvalue weighted by Crippen LogP contribution is -2.47. The Morgan fingerprint density at radius 1 is 0.929 bits per heavy atom. The molecule has 0 bridgehead atoms. The maximum absolute atomic E-state index is 6.50. The molecule has 1 aliphatic rings. The van der Waals surface area contributed by atoms with Crippen LogP contribution in [0.4, 0.5) is 23.0 Å². The zero-order valence-corrected chi connectivity index (χ0v) is 16.8. The Balaban J connectivity index is 1.72. The van der Waals surface area contributed by atoms with Crippen LogP contribution < -0.4 is 20.4 Å². The average molecular weight is 387 g/mol. The van der Waals surface area contributed by atoms with Gasteiger partial charge in [0.2, 0.25) is 0 Å². The molecule has 0 spiro atoms. The summed E-state index contributed by atoms with van der Waals surface area (Å²) in [4.78, 5) is 15.6. The lowest BCUT2D eigenvalue weighted by atomic mass is 10.2. The zero-order chi connectivity index (χ0) is 19.8. The number of ether oxygens (including phenoxy) is 2. The van der Waals surface area contributed by atoms with Crippen molar-refractivity contribution in [1.82, 2.24) is 9.97 Å². The molecule has 152 valence electrons. The summed E-state index contributed by atoms with van der Waals surface area (Å²) in [5, 5.41) is 0. The summed E-state index contributed by atoms with van der Waals surface area (Å²) in [6.45, 7) is 6.18. The molecule has 2 N–H and O–H groups in total. The number of hydrogen-bond donors (Lipinski definition) is 1. The van der Waals surface area contributed by atoms with Crippen molar-refractivity contribution >= 4 is 23.0 Å². The number of nitrogen functional groups attached to an aromatic ring is 1. The van der Waals surface area contributed by atoms with Crippen LogP contribution in [0.25, 0.3) is 0 Å². The van der Waals surface area contributed by atoms with E-state index in [1.54, 1.807) is 20.5 Å². The van der Waals surface area contributed by atoms with Crippen LogP contribution in [0.1, 0.15) is 0 Å². The third-order valence-corrected chi connectivity index (χ3v) is 4.97. The third-order valence-electron chi connectivity index (χ3n) is 4.97. The van der Waals surface area contributed by atoms with E-state index in [0.717, 1.165) is 37.8 Å². The van der Waals surface area contributed by atoms with E-state index in [2.05, 4.69) is 48.9 Å². The summed E-state index contributed by atoms with van der Waals surface area (Å²) in [7, 11) is 3.38. The highest BCUT2D eigenvalue weighted by Gasteiger charge is 2.23. The van der Waals surface area contributed by atoms with Gasteiger partial charge in [-0.1, -0.05) is 18.2 Å². The monoisotopic (exact) mass is 386 g/mol. The van der Waals surface area contributed by atoms with Gasteiger partial charge in [0, 0.05) is 59.2 Å². The van der Waals surface area contributed by atoms with Crippen molar-refractivity contribution in [1.29, 1.82) is 0 Å². The van der Waals surface area contributed by atoms with Crippen molar-refractivity contribution in [3.8, 4) is 0 Å². The van der Waals surface area contributed by atoms with Crippen LogP contribution in [0.5, 0.6) is 0 Å². The molecule has 1 aromatic heterocycles. The number of nitrogens with two attached hydrogens (primary N) is 1. The van der Waals surface area contributed by atoms with Crippen molar-refractivity contribution in [2.45, 2.75) is 0 Å². The Labute approximate surface area is 166 Å². The number of anilines is 4. The van der Waals surface area contributed by atoms with Crippen LogP contribution in [-0.4, -0.2) is 76.7 Å². The first-order valence-corrected chi connectivity index (χ1v) is 9.63. The second-order valence-electron chi connectivity index (χ2n) is 6.72. The number of para-hydroxylation sites is 1. The molecule has 0 saturated carbocycles. The van der Waals surface area contributed by atoms with Gasteiger partial charge in [0.1, 0.15) is 12.0 Å². The summed E-state index contributed by atoms with van der Waals surface area (Å²) in [6, 6.07) is 10.5. The fourth-order valence-corrected chi connectivity index (χ4v) is 3.42. The van der Waals surface area contributed by atoms with Crippen LogP contribution >= 0.6 is 0 Å². The maximum Gasteiger partial charge on any atom is 0.157 e. The Morgan fingerprint density at radius 3 is 2.14 bits per heavy atom. The standard InChI is InChI=1S/C20H30N6O2/c1-27-14-12-26(13-15-28-2)20-18(21)19(22-16-23-20)25-10-8-24(9-11-25)17-6-4-3-5-7-17/h3-7,16H,8-15,21H2,1-2H3. The van der Waals surface area contributed by atoms with Crippen molar-refractivity contribution < 1.29 is 9.47 Å². The van der Waals surface area contributed by atoms with E-state index >= 15 is 0 Å². The molecular formula is C20H30N6O2. The molecule has 2 heterocycles. The molecule has 1 aliphatic heterocycles. The zero-order valence-electron chi connectivity index (χ0n) is 16.8. The van der Waals surface area contributed by atoms with Crippen LogP contribution in [0, 0.1) is 0 Å². The summed E-state index contributed by atoms with van der Waals surface area (Å²) < 4.78 is 10.5. The smallest absolute Gasteiger partial charge is 0.157 e. The third kappa shape index (κ3) is 4.82. The van der Waals surface area contributed by atoms with Gasteiger partial charge in [0.05, 0.1) is 13.2 Å². The number of nitrogens with zero attached hydrogens (tertiary/aromatic N) is 5. The summed E-state index contributed by atoms with van der Waals surface area (Å²) >= 11 is 0. The van der Waals surface area contributed by atoms with Gasteiger partial charge in [-0.3, -0.25) is 0 Å². The normalized spacial score (nSPS) is 14.4. The minimum Gasteiger partial charge on any atom is -0.393 e. The van der Waals surface area contributed by atoms with E-state index in [1.807, 2.05) is 6.07 Å². The minimum absolute atomic E-state index is 0.595. The van der Waals surface area contributed by atoms with E-state index < -0.39 is 0 Å². The van der Waals surface area contributed by atoms with Gasteiger partial charge in [0.15, 0.2) is 11.6 Å². The highest BCUT2D eigenvalue weighted by Crippen LogP contribution is 2.30. The molecule has 1 fully saturated rings. The lowest BCUT2D eigenvalue weighted by molar-refractivity contribution is 0.190. The van der Waals surface area contributed by atoms with Gasteiger partial charge >= 0.3 is 0 Å². The van der Waals surface area contributed by atoms with Crippen LogP contribution in [0.15, 0.2) is 36.7 Å². The number of benzene rings is 1. The number of hydrogen-bond acceptors (Lipinski definition) is 8. The number of aromatic nitrogens is 2. The van der Waals surface area contributed by atoms with E-state index in [-0.39, 0.29) is 0 Å². The van der Waals surface area contributed by atoms with E-state index in [9.17, 15) is 0 Å². The van der Waals surface area contributed by atoms with Crippen molar-refractivity contribution in [2.75, 3.05) is 87.1 Å². The van der Waals surface area contributed by atoms with E-state index in [0.29, 0.717) is 32.0 Å². The molecule has 1 saturated heterocycles. The summed E-state index contributed by atoms with van der Waals surface area (Å²) in [5.74, 6) is 1.54. The van der Waals surface area contributed by atoms with E-state index in [4.69, 9.17) is 15.2 Å². The van der Waals surface area contributed by atoms with E-state index in [1.165, 1.54) is 5.69 Å². The molecule has 0 amide bonds. The van der Waals surface area contributed by atoms with Crippen LogP contribution in [0.3, 0.4) is 0 Å². The molecule has 28 heavy (non-hydrogen) atoms. The Kier molecular flexibility index (Phi) is 7.27. The van der Waals surface area contributed by atoms with Crippen molar-refractivity contribution in [3.63, 3.8) is 0 Å². The molecule has 2 aromatic rings. The first kappa shape index (κ1) is 20.2. The molecule has 0 radical (unpaired) electrons. The maximum atomic E-state index is 6.50. The fraction of sp³-hybridized carbons (Fsp3) is 0.500. The summed E-state index contributed by atoms with van der Waals surface area (Å²) in [5.41, 5.74) is 8.37. The van der Waals surface area contributed by atoms with Gasteiger partial charge in [-0.05, 0) is 12.1 Å². The Bertz CT molecular complexity index is 714. The van der Waals surface area contributed by atoms with Gasteiger partial charge < -0.3 is 29.9 Å². The van der Waals surface area contributed by atoms with Gasteiger partial charge in [-0.25, -0.2) is 9.97 Å². The molecule has 0 atom stereocenters. The molecule has 8 heteroatoms. The van der Waals surface area contributed by atoms with Crippen LogP contribution in [0.2, 0.25) is 0 Å². The minimum atomic E-state index is 0.595. The molecule has 0 unspecified atom stereocenters. The number of piperazine rings is 1. The average Bonchev–Trinajstić information content (AvgIpc) is 2.75. The molecule has 8 nitrogen and oxygen atoms in total. The second-order valence-corrected chi connectivity index (χ2v) is 6.72. The SMILES string of the molecule is COCCN(CCOC)c1ncnc(N2CCN(c3ccccc3)CC2)c1N. The number of rotatable bonds is 9. The van der Waals surface area contributed by atoms with Crippen LogP contribution in [-0.2, 0) is 9.47 Å². The Hall–Kier alpha value is -2.58. The largest absolute Gasteiger partial charge is 0.393 e. The molecule has 1 aromatic carbocycles. The molecular weight excluding hydrogens is 356 g/mol. The highest BCUT2D eigenvalue weighted by molar-refractivity contribution is 5.76. The van der Waals surface area contributed by atoms with Gasteiger partial charge in [-0.2, -0.15) is 0 Å². The molecule has 3 rings (SSSR count). The first-order chi connectivity index (χ1) is 13.7. The first-order valence-electron chi connectivity index (χ1n) is 9.63. The number of methoxy groups -OCH3 is 2. The predicted molar refractivity (Wildman–Crippen MR) is 113 cm³/mol. The molecule has 0 aliphatic carbocycles. The fourth-order valence-electron chi connectivity index (χ4n) is 3.42. The Morgan fingerprint density at radius 2 is 1.54 bits per heavy atom. The predicted octanol–water partition coefficient (Wildman–Crippen LogP) is 1.48. The van der Waals surface area contributed by atoms with Crippen molar-refractivity contribution in [2.24, 2.45) is 0 Å². The highest BCUT2D eigenvalue weighted by atomic mass is 16.5. The quantitative estimate of drug-likeness (QED) is 0.694. The van der Waals surface area contributed by atoms with Gasteiger partial charge in [-0.15, -0.1) is 0 Å².